The third-order valence-corrected chi connectivity index (χ3v) is 3.37. The van der Waals surface area contributed by atoms with E-state index in [0.717, 1.165) is 12.8 Å². The molecule has 0 spiro atoms. The monoisotopic (exact) mass is 214 g/mol. The van der Waals surface area contributed by atoms with Gasteiger partial charge in [0, 0.05) is 12.1 Å². The maximum atomic E-state index is 12.2. The molecule has 88 valence electrons. The molecule has 0 unspecified atom stereocenters. The summed E-state index contributed by atoms with van der Waals surface area (Å²) in [5, 5.41) is 1.47. The third-order valence-electron chi connectivity index (χ3n) is 3.37. The van der Waals surface area contributed by atoms with Crippen LogP contribution in [0.15, 0.2) is 0 Å². The number of nitrogens with zero attached hydrogens (tertiary/aromatic N) is 1. The summed E-state index contributed by atoms with van der Waals surface area (Å²) in [5.74, 6) is -0.0188. The van der Waals surface area contributed by atoms with E-state index in [1.54, 1.807) is 0 Å². The van der Waals surface area contributed by atoms with Gasteiger partial charge in [0.25, 0.3) is 5.91 Å². The zero-order chi connectivity index (χ0) is 11.7. The average molecular weight is 214 g/mol. The van der Waals surface area contributed by atoms with Crippen molar-refractivity contribution in [2.24, 2.45) is 11.1 Å². The molecule has 1 rings (SSSR count). The van der Waals surface area contributed by atoms with Gasteiger partial charge in [-0.05, 0) is 40.5 Å². The molecule has 1 saturated heterocycles. The van der Waals surface area contributed by atoms with Crippen LogP contribution in [0, 0.1) is 5.41 Å². The highest BCUT2D eigenvalue weighted by Gasteiger charge is 2.43. The topological polar surface area (TPSA) is 55.6 Å². The lowest BCUT2D eigenvalue weighted by Gasteiger charge is -2.40. The quantitative estimate of drug-likeness (QED) is 0.754. The molecule has 0 aromatic carbocycles. The number of nitrogens with two attached hydrogens (primary N) is 1. The fraction of sp³-hybridized carbons (Fsp3) is 0.909. The summed E-state index contributed by atoms with van der Waals surface area (Å²) >= 11 is 0. The molecule has 0 bridgehead atoms. The highest BCUT2D eigenvalue weighted by molar-refractivity contribution is 5.82. The van der Waals surface area contributed by atoms with E-state index in [1.807, 2.05) is 27.7 Å². The maximum Gasteiger partial charge on any atom is 0.253 e. The molecule has 1 aliphatic heterocycles. The van der Waals surface area contributed by atoms with E-state index in [0.29, 0.717) is 13.2 Å². The lowest BCUT2D eigenvalue weighted by atomic mass is 9.74. The van der Waals surface area contributed by atoms with Crippen LogP contribution in [-0.2, 0) is 9.63 Å². The van der Waals surface area contributed by atoms with Crippen LogP contribution in [0.4, 0.5) is 0 Å². The van der Waals surface area contributed by atoms with Gasteiger partial charge in [-0.15, -0.1) is 0 Å². The summed E-state index contributed by atoms with van der Waals surface area (Å²) in [6.07, 6.45) is 2.03. The van der Waals surface area contributed by atoms with Crippen LogP contribution in [0.1, 0.15) is 40.5 Å². The molecule has 0 radical (unpaired) electrons. The van der Waals surface area contributed by atoms with Gasteiger partial charge in [-0.2, -0.15) is 0 Å². The maximum absolute atomic E-state index is 12.2. The van der Waals surface area contributed by atoms with Gasteiger partial charge in [0.15, 0.2) is 0 Å². The van der Waals surface area contributed by atoms with Crippen LogP contribution < -0.4 is 5.73 Å². The zero-order valence-electron chi connectivity index (χ0n) is 10.2. The molecule has 2 N–H and O–H groups in total. The van der Waals surface area contributed by atoms with Gasteiger partial charge in [0.05, 0.1) is 12.0 Å². The van der Waals surface area contributed by atoms with Gasteiger partial charge in [-0.1, -0.05) is 0 Å². The van der Waals surface area contributed by atoms with Crippen molar-refractivity contribution in [3.63, 3.8) is 0 Å². The fourth-order valence-electron chi connectivity index (χ4n) is 1.34. The van der Waals surface area contributed by atoms with Crippen molar-refractivity contribution in [3.8, 4) is 0 Å². The van der Waals surface area contributed by atoms with E-state index in [1.165, 1.54) is 5.06 Å². The average Bonchev–Trinajstić information content (AvgIpc) is 2.16. The van der Waals surface area contributed by atoms with Crippen molar-refractivity contribution in [2.75, 3.05) is 13.2 Å². The second-order valence-electron chi connectivity index (χ2n) is 5.29. The first kappa shape index (κ1) is 12.5. The van der Waals surface area contributed by atoms with E-state index < -0.39 is 11.0 Å². The number of hydroxylamine groups is 2. The van der Waals surface area contributed by atoms with Crippen molar-refractivity contribution >= 4 is 5.91 Å². The number of hydrogen-bond donors (Lipinski definition) is 1. The molecular weight excluding hydrogens is 192 g/mol. The van der Waals surface area contributed by atoms with E-state index in [4.69, 9.17) is 10.6 Å². The predicted octanol–water partition coefficient (Wildman–Crippen LogP) is 1.30. The molecule has 1 aliphatic rings. The molecule has 4 heteroatoms. The van der Waals surface area contributed by atoms with E-state index in [9.17, 15) is 4.79 Å². The molecule has 1 amide bonds. The third kappa shape index (κ3) is 2.49. The number of rotatable bonds is 2. The first-order valence-electron chi connectivity index (χ1n) is 5.50. The summed E-state index contributed by atoms with van der Waals surface area (Å²) in [4.78, 5) is 17.5. The molecule has 0 atom stereocenters. The first-order chi connectivity index (χ1) is 6.77. The Balaban J connectivity index is 2.74. The molecule has 0 aromatic rings. The SMILES string of the molecule is CC(C)(N)C(C)(C)C(=O)N1CCCCO1. The highest BCUT2D eigenvalue weighted by Crippen LogP contribution is 2.31. The minimum Gasteiger partial charge on any atom is -0.325 e. The Morgan fingerprint density at radius 1 is 1.27 bits per heavy atom. The summed E-state index contributed by atoms with van der Waals surface area (Å²) in [6.45, 7) is 8.79. The Bertz CT molecular complexity index is 237. The molecule has 1 heterocycles. The van der Waals surface area contributed by atoms with Crippen LogP contribution in [0.3, 0.4) is 0 Å². The van der Waals surface area contributed by atoms with Gasteiger partial charge < -0.3 is 5.73 Å². The Kier molecular flexibility index (Phi) is 3.41. The normalized spacial score (nSPS) is 19.1. The van der Waals surface area contributed by atoms with Gasteiger partial charge in [0.2, 0.25) is 0 Å². The second kappa shape index (κ2) is 4.10. The summed E-state index contributed by atoms with van der Waals surface area (Å²) < 4.78 is 0. The van der Waals surface area contributed by atoms with Crippen molar-refractivity contribution in [1.29, 1.82) is 0 Å². The Morgan fingerprint density at radius 2 is 1.87 bits per heavy atom. The van der Waals surface area contributed by atoms with Gasteiger partial charge in [-0.3, -0.25) is 9.63 Å². The summed E-state index contributed by atoms with van der Waals surface area (Å²) in [5.41, 5.74) is 4.86. The highest BCUT2D eigenvalue weighted by atomic mass is 16.7. The Morgan fingerprint density at radius 3 is 2.27 bits per heavy atom. The van der Waals surface area contributed by atoms with E-state index in [2.05, 4.69) is 0 Å². The van der Waals surface area contributed by atoms with Gasteiger partial charge in [-0.25, -0.2) is 5.06 Å². The van der Waals surface area contributed by atoms with Gasteiger partial charge >= 0.3 is 0 Å². The number of amides is 1. The number of carbonyl (C=O) groups excluding carboxylic acids is 1. The van der Waals surface area contributed by atoms with Crippen molar-refractivity contribution in [1.82, 2.24) is 5.06 Å². The summed E-state index contributed by atoms with van der Waals surface area (Å²) in [7, 11) is 0. The Hall–Kier alpha value is -0.610. The summed E-state index contributed by atoms with van der Waals surface area (Å²) in [6, 6.07) is 0. The largest absolute Gasteiger partial charge is 0.325 e. The van der Waals surface area contributed by atoms with Crippen molar-refractivity contribution in [3.05, 3.63) is 0 Å². The van der Waals surface area contributed by atoms with Gasteiger partial charge in [0.1, 0.15) is 0 Å². The van der Waals surface area contributed by atoms with Crippen LogP contribution >= 0.6 is 0 Å². The van der Waals surface area contributed by atoms with Crippen molar-refractivity contribution < 1.29 is 9.63 Å². The molecule has 1 fully saturated rings. The van der Waals surface area contributed by atoms with Crippen LogP contribution in [0.2, 0.25) is 0 Å². The second-order valence-corrected chi connectivity index (χ2v) is 5.29. The van der Waals surface area contributed by atoms with Crippen LogP contribution in [0.25, 0.3) is 0 Å². The lowest BCUT2D eigenvalue weighted by molar-refractivity contribution is -0.208. The molecule has 0 saturated carbocycles. The minimum atomic E-state index is -0.607. The van der Waals surface area contributed by atoms with Crippen LogP contribution in [0.5, 0.6) is 0 Å². The standard InChI is InChI=1S/C11H22N2O2/c1-10(2,11(3,4)12)9(14)13-7-5-6-8-15-13/h5-8,12H2,1-4H3. The Labute approximate surface area is 91.7 Å². The van der Waals surface area contributed by atoms with E-state index in [-0.39, 0.29) is 5.91 Å². The number of hydrogen-bond acceptors (Lipinski definition) is 3. The molecule has 15 heavy (non-hydrogen) atoms. The molecule has 4 nitrogen and oxygen atoms in total. The predicted molar refractivity (Wildman–Crippen MR) is 58.9 cm³/mol. The van der Waals surface area contributed by atoms with Crippen LogP contribution in [-0.4, -0.2) is 29.7 Å². The lowest BCUT2D eigenvalue weighted by Crippen LogP contribution is -2.57. The smallest absolute Gasteiger partial charge is 0.253 e. The molecule has 0 aliphatic carbocycles. The van der Waals surface area contributed by atoms with E-state index >= 15 is 0 Å². The first-order valence-corrected chi connectivity index (χ1v) is 5.50. The molecule has 0 aromatic heterocycles. The fourth-order valence-corrected chi connectivity index (χ4v) is 1.34. The number of carbonyl (C=O) groups is 1. The minimum absolute atomic E-state index is 0.0188. The zero-order valence-corrected chi connectivity index (χ0v) is 10.2. The van der Waals surface area contributed by atoms with Crippen molar-refractivity contribution in [2.45, 2.75) is 46.1 Å². The molecular formula is C11H22N2O2.